The van der Waals surface area contributed by atoms with Crippen LogP contribution >= 0.6 is 0 Å². The maximum absolute atomic E-state index is 11.7. The van der Waals surface area contributed by atoms with Crippen LogP contribution in [0.5, 0.6) is 0 Å². The average molecular weight is 281 g/mol. The van der Waals surface area contributed by atoms with E-state index in [0.717, 1.165) is 18.2 Å². The molecule has 1 saturated carbocycles. The van der Waals surface area contributed by atoms with Gasteiger partial charge in [-0.1, -0.05) is 31.9 Å². The molecule has 1 N–H and O–H groups in total. The SMILES string of the molecule is CC1CCC(CNc2ccccc2S(C)(=O)=O)CC1. The summed E-state index contributed by atoms with van der Waals surface area (Å²) in [4.78, 5) is 0.402. The van der Waals surface area contributed by atoms with Gasteiger partial charge in [-0.2, -0.15) is 0 Å². The summed E-state index contributed by atoms with van der Waals surface area (Å²) >= 11 is 0. The lowest BCUT2D eigenvalue weighted by molar-refractivity contribution is 0.300. The molecule has 0 bridgehead atoms. The molecule has 19 heavy (non-hydrogen) atoms. The fourth-order valence-electron chi connectivity index (χ4n) is 2.72. The van der Waals surface area contributed by atoms with Crippen molar-refractivity contribution in [3.8, 4) is 0 Å². The summed E-state index contributed by atoms with van der Waals surface area (Å²) in [7, 11) is -3.16. The number of nitrogens with one attached hydrogen (secondary N) is 1. The van der Waals surface area contributed by atoms with Crippen molar-refractivity contribution in [2.45, 2.75) is 37.5 Å². The normalized spacial score (nSPS) is 24.1. The van der Waals surface area contributed by atoms with Crippen molar-refractivity contribution >= 4 is 15.5 Å². The highest BCUT2D eigenvalue weighted by Gasteiger charge is 2.19. The molecule has 2 rings (SSSR count). The van der Waals surface area contributed by atoms with E-state index in [-0.39, 0.29) is 0 Å². The van der Waals surface area contributed by atoms with Crippen LogP contribution in [0.4, 0.5) is 5.69 Å². The first-order valence-corrected chi connectivity index (χ1v) is 8.89. The lowest BCUT2D eigenvalue weighted by Crippen LogP contribution is -2.20. The zero-order valence-corrected chi connectivity index (χ0v) is 12.5. The predicted octanol–water partition coefficient (Wildman–Crippen LogP) is 3.33. The van der Waals surface area contributed by atoms with Crippen LogP contribution in [0, 0.1) is 11.8 Å². The van der Waals surface area contributed by atoms with Crippen LogP contribution in [-0.2, 0) is 9.84 Å². The molecule has 1 aliphatic carbocycles. The standard InChI is InChI=1S/C15H23NO2S/c1-12-7-9-13(10-8-12)11-16-14-5-3-4-6-15(14)19(2,17)18/h3-6,12-13,16H,7-11H2,1-2H3. The molecule has 0 spiro atoms. The van der Waals surface area contributed by atoms with Crippen molar-refractivity contribution in [3.05, 3.63) is 24.3 Å². The molecular weight excluding hydrogens is 258 g/mol. The average Bonchev–Trinajstić information content (AvgIpc) is 2.37. The van der Waals surface area contributed by atoms with E-state index in [9.17, 15) is 8.42 Å². The van der Waals surface area contributed by atoms with Gasteiger partial charge in [-0.15, -0.1) is 0 Å². The van der Waals surface area contributed by atoms with E-state index in [2.05, 4.69) is 12.2 Å². The summed E-state index contributed by atoms with van der Waals surface area (Å²) in [6.07, 6.45) is 6.33. The predicted molar refractivity (Wildman–Crippen MR) is 79.2 cm³/mol. The van der Waals surface area contributed by atoms with Gasteiger partial charge in [0.1, 0.15) is 0 Å². The minimum absolute atomic E-state index is 0.402. The van der Waals surface area contributed by atoms with Crippen LogP contribution in [0.15, 0.2) is 29.2 Å². The van der Waals surface area contributed by atoms with Crippen LogP contribution in [0.3, 0.4) is 0 Å². The van der Waals surface area contributed by atoms with E-state index in [4.69, 9.17) is 0 Å². The van der Waals surface area contributed by atoms with Crippen LogP contribution in [0.25, 0.3) is 0 Å². The number of rotatable bonds is 4. The van der Waals surface area contributed by atoms with Crippen molar-refractivity contribution in [1.29, 1.82) is 0 Å². The summed E-state index contributed by atoms with van der Waals surface area (Å²) in [6.45, 7) is 3.18. The molecule has 0 radical (unpaired) electrons. The Bertz CT molecular complexity index is 517. The minimum atomic E-state index is -3.16. The maximum Gasteiger partial charge on any atom is 0.177 e. The van der Waals surface area contributed by atoms with Crippen molar-refractivity contribution in [2.24, 2.45) is 11.8 Å². The van der Waals surface area contributed by atoms with Crippen molar-refractivity contribution < 1.29 is 8.42 Å². The summed E-state index contributed by atoms with van der Waals surface area (Å²) < 4.78 is 23.4. The maximum atomic E-state index is 11.7. The number of sulfone groups is 1. The van der Waals surface area contributed by atoms with Crippen LogP contribution in [0.1, 0.15) is 32.6 Å². The Hall–Kier alpha value is -1.03. The second kappa shape index (κ2) is 5.95. The highest BCUT2D eigenvalue weighted by Crippen LogP contribution is 2.29. The quantitative estimate of drug-likeness (QED) is 0.921. The molecule has 1 aromatic rings. The molecule has 1 aliphatic rings. The lowest BCUT2D eigenvalue weighted by Gasteiger charge is -2.26. The van der Waals surface area contributed by atoms with E-state index >= 15 is 0 Å². The molecule has 0 saturated heterocycles. The molecule has 0 aromatic heterocycles. The lowest BCUT2D eigenvalue weighted by atomic mass is 9.83. The number of benzene rings is 1. The molecule has 106 valence electrons. The molecule has 0 aliphatic heterocycles. The first kappa shape index (κ1) is 14.4. The molecule has 0 amide bonds. The molecule has 0 atom stereocenters. The molecule has 0 heterocycles. The fraction of sp³-hybridized carbons (Fsp3) is 0.600. The number of hydrogen-bond acceptors (Lipinski definition) is 3. The van der Waals surface area contributed by atoms with Gasteiger partial charge >= 0.3 is 0 Å². The summed E-state index contributed by atoms with van der Waals surface area (Å²) in [6, 6.07) is 7.16. The van der Waals surface area contributed by atoms with Gasteiger partial charge in [0, 0.05) is 12.8 Å². The van der Waals surface area contributed by atoms with E-state index in [1.54, 1.807) is 12.1 Å². The largest absolute Gasteiger partial charge is 0.384 e. The zero-order chi connectivity index (χ0) is 13.9. The van der Waals surface area contributed by atoms with E-state index in [1.165, 1.54) is 31.9 Å². The van der Waals surface area contributed by atoms with Crippen LogP contribution in [-0.4, -0.2) is 21.2 Å². The van der Waals surface area contributed by atoms with Crippen LogP contribution in [0.2, 0.25) is 0 Å². The number of para-hydroxylation sites is 1. The molecule has 1 fully saturated rings. The monoisotopic (exact) mass is 281 g/mol. The van der Waals surface area contributed by atoms with Gasteiger partial charge in [-0.3, -0.25) is 0 Å². The Labute approximate surface area is 116 Å². The van der Waals surface area contributed by atoms with Gasteiger partial charge in [-0.05, 0) is 36.8 Å². The van der Waals surface area contributed by atoms with Gasteiger partial charge < -0.3 is 5.32 Å². The second-order valence-electron chi connectivity index (χ2n) is 5.78. The van der Waals surface area contributed by atoms with E-state index in [1.807, 2.05) is 12.1 Å². The van der Waals surface area contributed by atoms with Gasteiger partial charge in [0.2, 0.25) is 0 Å². The number of hydrogen-bond donors (Lipinski definition) is 1. The smallest absolute Gasteiger partial charge is 0.177 e. The topological polar surface area (TPSA) is 46.2 Å². The van der Waals surface area contributed by atoms with Crippen molar-refractivity contribution in [3.63, 3.8) is 0 Å². The van der Waals surface area contributed by atoms with E-state index in [0.29, 0.717) is 10.8 Å². The van der Waals surface area contributed by atoms with Gasteiger partial charge in [-0.25, -0.2) is 8.42 Å². The first-order chi connectivity index (χ1) is 8.97. The fourth-order valence-corrected chi connectivity index (χ4v) is 3.59. The van der Waals surface area contributed by atoms with Gasteiger partial charge in [0.25, 0.3) is 0 Å². The Kier molecular flexibility index (Phi) is 4.50. The second-order valence-corrected chi connectivity index (χ2v) is 7.76. The Morgan fingerprint density at radius 2 is 1.79 bits per heavy atom. The highest BCUT2D eigenvalue weighted by atomic mass is 32.2. The van der Waals surface area contributed by atoms with E-state index < -0.39 is 9.84 Å². The first-order valence-electron chi connectivity index (χ1n) is 7.00. The third-order valence-corrected chi connectivity index (χ3v) is 5.16. The summed E-state index contributed by atoms with van der Waals surface area (Å²) in [5, 5.41) is 3.33. The zero-order valence-electron chi connectivity index (χ0n) is 11.7. The third kappa shape index (κ3) is 3.96. The molecule has 1 aromatic carbocycles. The molecule has 4 heteroatoms. The molecule has 3 nitrogen and oxygen atoms in total. The van der Waals surface area contributed by atoms with Crippen LogP contribution < -0.4 is 5.32 Å². The Morgan fingerprint density at radius 1 is 1.16 bits per heavy atom. The Balaban J connectivity index is 2.00. The van der Waals surface area contributed by atoms with Gasteiger partial charge in [0.05, 0.1) is 10.6 Å². The molecule has 0 unspecified atom stereocenters. The highest BCUT2D eigenvalue weighted by molar-refractivity contribution is 7.90. The minimum Gasteiger partial charge on any atom is -0.384 e. The van der Waals surface area contributed by atoms with Crippen molar-refractivity contribution in [2.75, 3.05) is 18.1 Å². The van der Waals surface area contributed by atoms with Crippen molar-refractivity contribution in [1.82, 2.24) is 0 Å². The summed E-state index contributed by atoms with van der Waals surface area (Å²) in [5.74, 6) is 1.52. The summed E-state index contributed by atoms with van der Waals surface area (Å²) in [5.41, 5.74) is 0.739. The third-order valence-electron chi connectivity index (χ3n) is 4.00. The number of anilines is 1. The Morgan fingerprint density at radius 3 is 2.42 bits per heavy atom. The van der Waals surface area contributed by atoms with Gasteiger partial charge in [0.15, 0.2) is 9.84 Å². The molecular formula is C15H23NO2S.